The van der Waals surface area contributed by atoms with Gasteiger partial charge in [0.15, 0.2) is 0 Å². The molecule has 3 nitrogen and oxygen atoms in total. The lowest BCUT2D eigenvalue weighted by atomic mass is 10.2. The van der Waals surface area contributed by atoms with E-state index in [2.05, 4.69) is 23.4 Å². The van der Waals surface area contributed by atoms with Crippen LogP contribution in [0, 0.1) is 6.92 Å². The van der Waals surface area contributed by atoms with Gasteiger partial charge < -0.3 is 5.32 Å². The number of hydrogen-bond donors (Lipinski definition) is 1. The Morgan fingerprint density at radius 1 is 1.33 bits per heavy atom. The van der Waals surface area contributed by atoms with E-state index in [4.69, 9.17) is 0 Å². The predicted octanol–water partition coefficient (Wildman–Crippen LogP) is 2.40. The molecule has 0 aliphatic carbocycles. The van der Waals surface area contributed by atoms with Crippen LogP contribution in [0.4, 0.5) is 0 Å². The fraction of sp³-hybridized carbons (Fsp3) is 0.750. The lowest BCUT2D eigenvalue weighted by molar-refractivity contribution is 0.577. The molecule has 1 N–H and O–H groups in total. The zero-order valence-corrected chi connectivity index (χ0v) is 10.2. The van der Waals surface area contributed by atoms with Gasteiger partial charge in [-0.15, -0.1) is 0 Å². The lowest BCUT2D eigenvalue weighted by Gasteiger charge is -2.04. The van der Waals surface area contributed by atoms with Crippen LogP contribution in [-0.4, -0.2) is 16.3 Å². The lowest BCUT2D eigenvalue weighted by Crippen LogP contribution is -2.16. The number of nitrogens with zero attached hydrogens (tertiary/aromatic N) is 2. The van der Waals surface area contributed by atoms with Crippen LogP contribution in [0.2, 0.25) is 0 Å². The van der Waals surface area contributed by atoms with E-state index in [1.807, 2.05) is 18.7 Å². The zero-order chi connectivity index (χ0) is 11.1. The second-order valence-corrected chi connectivity index (χ2v) is 4.14. The Hall–Kier alpha value is -0.830. The van der Waals surface area contributed by atoms with Crippen LogP contribution in [0.5, 0.6) is 0 Å². The highest BCUT2D eigenvalue weighted by Crippen LogP contribution is 2.01. The van der Waals surface area contributed by atoms with Gasteiger partial charge in [-0.25, -0.2) is 0 Å². The summed E-state index contributed by atoms with van der Waals surface area (Å²) in [5.74, 6) is 0. The average molecular weight is 209 g/mol. The van der Waals surface area contributed by atoms with Crippen molar-refractivity contribution in [3.63, 3.8) is 0 Å². The fourth-order valence-corrected chi connectivity index (χ4v) is 1.72. The van der Waals surface area contributed by atoms with Gasteiger partial charge >= 0.3 is 0 Å². The first-order valence-corrected chi connectivity index (χ1v) is 5.94. The second-order valence-electron chi connectivity index (χ2n) is 4.14. The van der Waals surface area contributed by atoms with Crippen molar-refractivity contribution >= 4 is 0 Å². The maximum atomic E-state index is 4.32. The van der Waals surface area contributed by atoms with Crippen LogP contribution in [-0.2, 0) is 13.6 Å². The van der Waals surface area contributed by atoms with Gasteiger partial charge in [-0.2, -0.15) is 5.10 Å². The Bertz CT molecular complexity index is 278. The van der Waals surface area contributed by atoms with Crippen LogP contribution in [0.1, 0.15) is 44.0 Å². The van der Waals surface area contributed by atoms with E-state index in [1.165, 1.54) is 31.4 Å². The number of unbranched alkanes of at least 4 members (excludes halogenated alkanes) is 3. The van der Waals surface area contributed by atoms with Crippen molar-refractivity contribution in [2.45, 2.75) is 46.1 Å². The highest BCUT2D eigenvalue weighted by molar-refractivity contribution is 5.08. The van der Waals surface area contributed by atoms with Crippen LogP contribution < -0.4 is 5.32 Å². The van der Waals surface area contributed by atoms with Crippen molar-refractivity contribution in [3.05, 3.63) is 17.5 Å². The molecule has 86 valence electrons. The molecule has 0 unspecified atom stereocenters. The quantitative estimate of drug-likeness (QED) is 0.699. The third-order valence-electron chi connectivity index (χ3n) is 2.61. The van der Waals surface area contributed by atoms with Gasteiger partial charge in [0.05, 0.1) is 11.4 Å². The Labute approximate surface area is 92.9 Å². The summed E-state index contributed by atoms with van der Waals surface area (Å²) in [7, 11) is 2.00. The molecule has 0 atom stereocenters. The van der Waals surface area contributed by atoms with Crippen LogP contribution in [0.3, 0.4) is 0 Å². The Balaban J connectivity index is 2.12. The minimum atomic E-state index is 0.934. The summed E-state index contributed by atoms with van der Waals surface area (Å²) >= 11 is 0. The third kappa shape index (κ3) is 4.47. The molecule has 0 amide bonds. The number of rotatable bonds is 7. The van der Waals surface area contributed by atoms with Crippen molar-refractivity contribution in [2.75, 3.05) is 6.54 Å². The molecule has 0 aliphatic rings. The molecule has 0 saturated heterocycles. The Morgan fingerprint density at radius 2 is 2.13 bits per heavy atom. The van der Waals surface area contributed by atoms with Gasteiger partial charge in [0, 0.05) is 13.6 Å². The Kier molecular flexibility index (Phi) is 5.40. The molecule has 0 fully saturated rings. The highest BCUT2D eigenvalue weighted by atomic mass is 15.3. The molecule has 0 aromatic carbocycles. The summed E-state index contributed by atoms with van der Waals surface area (Å²) in [4.78, 5) is 0. The number of aryl methyl sites for hydroxylation is 2. The molecular formula is C12H23N3. The number of hydrogen-bond acceptors (Lipinski definition) is 2. The van der Waals surface area contributed by atoms with Crippen LogP contribution >= 0.6 is 0 Å². The predicted molar refractivity (Wildman–Crippen MR) is 63.8 cm³/mol. The average Bonchev–Trinajstić information content (AvgIpc) is 2.51. The molecule has 0 radical (unpaired) electrons. The maximum absolute atomic E-state index is 4.32. The maximum Gasteiger partial charge on any atom is 0.0597 e. The van der Waals surface area contributed by atoms with Crippen molar-refractivity contribution in [1.82, 2.24) is 15.1 Å². The molecule has 0 saturated carbocycles. The standard InChI is InChI=1S/C12H23N3/c1-4-5-6-7-8-13-10-12-9-11(2)14-15(12)3/h9,13H,4-8,10H2,1-3H3. The van der Waals surface area contributed by atoms with E-state index in [1.54, 1.807) is 0 Å². The van der Waals surface area contributed by atoms with Gasteiger partial charge in [0.25, 0.3) is 0 Å². The highest BCUT2D eigenvalue weighted by Gasteiger charge is 2.00. The van der Waals surface area contributed by atoms with Crippen molar-refractivity contribution in [1.29, 1.82) is 0 Å². The van der Waals surface area contributed by atoms with Gasteiger partial charge in [-0.3, -0.25) is 4.68 Å². The molecule has 0 spiro atoms. The van der Waals surface area contributed by atoms with Gasteiger partial charge in [-0.1, -0.05) is 26.2 Å². The van der Waals surface area contributed by atoms with Crippen LogP contribution in [0.25, 0.3) is 0 Å². The van der Waals surface area contributed by atoms with Gasteiger partial charge in [0.2, 0.25) is 0 Å². The fourth-order valence-electron chi connectivity index (χ4n) is 1.72. The number of nitrogens with one attached hydrogen (secondary N) is 1. The molecule has 1 aromatic heterocycles. The van der Waals surface area contributed by atoms with E-state index >= 15 is 0 Å². The summed E-state index contributed by atoms with van der Waals surface area (Å²) in [6, 6.07) is 2.14. The first kappa shape index (κ1) is 12.2. The SMILES string of the molecule is CCCCCCNCc1cc(C)nn1C. The molecule has 1 rings (SSSR count). The molecular weight excluding hydrogens is 186 g/mol. The first-order chi connectivity index (χ1) is 7.24. The van der Waals surface area contributed by atoms with Crippen LogP contribution in [0.15, 0.2) is 6.07 Å². The largest absolute Gasteiger partial charge is 0.311 e. The second kappa shape index (κ2) is 6.62. The smallest absolute Gasteiger partial charge is 0.0597 e. The molecule has 1 heterocycles. The van der Waals surface area contributed by atoms with Gasteiger partial charge in [-0.05, 0) is 26.0 Å². The summed E-state index contributed by atoms with van der Waals surface area (Å²) in [6.45, 7) is 6.32. The van der Waals surface area contributed by atoms with E-state index < -0.39 is 0 Å². The zero-order valence-electron chi connectivity index (χ0n) is 10.2. The van der Waals surface area contributed by atoms with E-state index in [0.717, 1.165) is 18.8 Å². The topological polar surface area (TPSA) is 29.9 Å². The van der Waals surface area contributed by atoms with Gasteiger partial charge in [0.1, 0.15) is 0 Å². The molecule has 3 heteroatoms. The minimum Gasteiger partial charge on any atom is -0.311 e. The van der Waals surface area contributed by atoms with E-state index in [0.29, 0.717) is 0 Å². The van der Waals surface area contributed by atoms with E-state index in [9.17, 15) is 0 Å². The molecule has 15 heavy (non-hydrogen) atoms. The summed E-state index contributed by atoms with van der Waals surface area (Å²) in [5.41, 5.74) is 2.36. The molecule has 0 aliphatic heterocycles. The normalized spacial score (nSPS) is 10.9. The van der Waals surface area contributed by atoms with Crippen molar-refractivity contribution in [3.8, 4) is 0 Å². The van der Waals surface area contributed by atoms with E-state index in [-0.39, 0.29) is 0 Å². The third-order valence-corrected chi connectivity index (χ3v) is 2.61. The summed E-state index contributed by atoms with van der Waals surface area (Å²) in [6.07, 6.45) is 5.28. The summed E-state index contributed by atoms with van der Waals surface area (Å²) in [5, 5.41) is 7.77. The Morgan fingerprint density at radius 3 is 2.73 bits per heavy atom. The first-order valence-electron chi connectivity index (χ1n) is 5.94. The van der Waals surface area contributed by atoms with Crippen molar-refractivity contribution < 1.29 is 0 Å². The molecule has 0 bridgehead atoms. The van der Waals surface area contributed by atoms with Crippen molar-refractivity contribution in [2.24, 2.45) is 7.05 Å². The monoisotopic (exact) mass is 209 g/mol. The summed E-state index contributed by atoms with van der Waals surface area (Å²) < 4.78 is 1.95. The number of aromatic nitrogens is 2. The molecule has 1 aromatic rings. The minimum absolute atomic E-state index is 0.934.